The van der Waals surface area contributed by atoms with Gasteiger partial charge in [-0.05, 0) is 19.9 Å². The molecule has 1 unspecified atom stereocenters. The Morgan fingerprint density at radius 3 is 2.60 bits per heavy atom. The van der Waals surface area contributed by atoms with Gasteiger partial charge in [0, 0.05) is 12.1 Å². The molecular weight excluding hydrogens is 273 g/mol. The lowest BCUT2D eigenvalue weighted by Crippen LogP contribution is -2.55. The summed E-state index contributed by atoms with van der Waals surface area (Å²) < 4.78 is 42.4. The topological polar surface area (TPSA) is 41.6 Å². The lowest BCUT2D eigenvalue weighted by atomic mass is 9.98. The van der Waals surface area contributed by atoms with Crippen molar-refractivity contribution in [2.75, 3.05) is 18.5 Å². The molecule has 4 nitrogen and oxygen atoms in total. The number of ether oxygens (including phenoxy) is 1. The summed E-state index contributed by atoms with van der Waals surface area (Å²) in [5.41, 5.74) is -0.471. The number of nitrogens with one attached hydrogen (secondary N) is 1. The minimum atomic E-state index is -4.45. The normalized spacial score (nSPS) is 22.4. The van der Waals surface area contributed by atoms with Gasteiger partial charge in [0.15, 0.2) is 5.72 Å². The van der Waals surface area contributed by atoms with Crippen LogP contribution in [0.4, 0.5) is 23.7 Å². The van der Waals surface area contributed by atoms with Crippen molar-refractivity contribution in [1.82, 2.24) is 4.90 Å². The fourth-order valence-corrected chi connectivity index (χ4v) is 2.34. The Labute approximate surface area is 114 Å². The smallest absolute Gasteiger partial charge is 0.342 e. The Balaban J connectivity index is 2.42. The molecule has 0 aliphatic carbocycles. The minimum absolute atomic E-state index is 0.231. The van der Waals surface area contributed by atoms with E-state index in [9.17, 15) is 18.0 Å². The standard InChI is InChI=1S/C13H15F3N2O2/c1-3-18-11(19)17-10-7-5-4-6-9(10)12(18,2)20-8-13(14,15)16/h4-7H,3,8H2,1-2H3,(H,17,19). The predicted molar refractivity (Wildman–Crippen MR) is 67.2 cm³/mol. The van der Waals surface area contributed by atoms with Crippen LogP contribution in [0.5, 0.6) is 0 Å². The second-order valence-corrected chi connectivity index (χ2v) is 4.61. The van der Waals surface area contributed by atoms with Crippen LogP contribution < -0.4 is 5.32 Å². The maximum Gasteiger partial charge on any atom is 0.411 e. The van der Waals surface area contributed by atoms with Crippen LogP contribution in [-0.2, 0) is 10.5 Å². The van der Waals surface area contributed by atoms with Crippen LogP contribution in [0, 0.1) is 0 Å². The zero-order valence-electron chi connectivity index (χ0n) is 11.1. The highest BCUT2D eigenvalue weighted by Crippen LogP contribution is 2.39. The van der Waals surface area contributed by atoms with Crippen LogP contribution in [0.2, 0.25) is 0 Å². The molecule has 1 aliphatic heterocycles. The number of hydrogen-bond acceptors (Lipinski definition) is 2. The fraction of sp³-hybridized carbons (Fsp3) is 0.462. The summed E-state index contributed by atoms with van der Waals surface area (Å²) in [5, 5.41) is 2.64. The molecule has 0 saturated heterocycles. The maximum absolute atomic E-state index is 12.4. The molecule has 0 spiro atoms. The van der Waals surface area contributed by atoms with Gasteiger partial charge >= 0.3 is 12.2 Å². The van der Waals surface area contributed by atoms with Crippen LogP contribution in [0.1, 0.15) is 19.4 Å². The van der Waals surface area contributed by atoms with E-state index < -0.39 is 24.5 Å². The van der Waals surface area contributed by atoms with E-state index in [2.05, 4.69) is 5.32 Å². The lowest BCUT2D eigenvalue weighted by Gasteiger charge is -2.45. The Bertz CT molecular complexity index is 519. The molecule has 7 heteroatoms. The molecule has 110 valence electrons. The third kappa shape index (κ3) is 2.58. The van der Waals surface area contributed by atoms with E-state index in [4.69, 9.17) is 4.74 Å². The number of anilines is 1. The van der Waals surface area contributed by atoms with E-state index >= 15 is 0 Å². The Kier molecular flexibility index (Phi) is 3.64. The van der Waals surface area contributed by atoms with Crippen LogP contribution in [0.15, 0.2) is 24.3 Å². The highest BCUT2D eigenvalue weighted by atomic mass is 19.4. The van der Waals surface area contributed by atoms with Crippen molar-refractivity contribution in [3.8, 4) is 0 Å². The molecule has 2 rings (SSSR count). The first-order valence-corrected chi connectivity index (χ1v) is 6.17. The number of hydrogen-bond donors (Lipinski definition) is 1. The molecule has 1 atom stereocenters. The van der Waals surface area contributed by atoms with Gasteiger partial charge in [-0.25, -0.2) is 4.79 Å². The molecule has 1 N–H and O–H groups in total. The van der Waals surface area contributed by atoms with Crippen molar-refractivity contribution in [2.45, 2.75) is 25.7 Å². The number of halogens is 3. The number of urea groups is 1. The monoisotopic (exact) mass is 288 g/mol. The SMILES string of the molecule is CCN1C(=O)Nc2ccccc2C1(C)OCC(F)(F)F. The van der Waals surface area contributed by atoms with E-state index in [0.29, 0.717) is 11.3 Å². The molecule has 0 saturated carbocycles. The molecule has 2 amide bonds. The lowest BCUT2D eigenvalue weighted by molar-refractivity contribution is -0.230. The maximum atomic E-state index is 12.4. The van der Waals surface area contributed by atoms with E-state index in [0.717, 1.165) is 0 Å². The van der Waals surface area contributed by atoms with Crippen LogP contribution in [0.3, 0.4) is 0 Å². The first kappa shape index (κ1) is 14.6. The summed E-state index contributed by atoms with van der Waals surface area (Å²) in [4.78, 5) is 13.2. The molecule has 20 heavy (non-hydrogen) atoms. The average Bonchev–Trinajstić information content (AvgIpc) is 2.36. The highest BCUT2D eigenvalue weighted by molar-refractivity contribution is 5.93. The molecule has 0 bridgehead atoms. The van der Waals surface area contributed by atoms with E-state index in [1.165, 1.54) is 11.8 Å². The van der Waals surface area contributed by atoms with Gasteiger partial charge in [-0.2, -0.15) is 13.2 Å². The first-order valence-electron chi connectivity index (χ1n) is 6.17. The van der Waals surface area contributed by atoms with Crippen molar-refractivity contribution in [3.05, 3.63) is 29.8 Å². The molecule has 1 aromatic rings. The zero-order valence-corrected chi connectivity index (χ0v) is 11.1. The third-order valence-corrected chi connectivity index (χ3v) is 3.26. The van der Waals surface area contributed by atoms with Crippen molar-refractivity contribution < 1.29 is 22.7 Å². The Hall–Kier alpha value is -1.76. The summed E-state index contributed by atoms with van der Waals surface area (Å²) in [5.74, 6) is 0. The van der Waals surface area contributed by atoms with Gasteiger partial charge < -0.3 is 10.1 Å². The number of carbonyl (C=O) groups excluding carboxylic acids is 1. The van der Waals surface area contributed by atoms with Crippen molar-refractivity contribution >= 4 is 11.7 Å². The summed E-state index contributed by atoms with van der Waals surface area (Å²) in [6.45, 7) is 1.97. The van der Waals surface area contributed by atoms with Crippen molar-refractivity contribution in [1.29, 1.82) is 0 Å². The van der Waals surface area contributed by atoms with E-state index in [1.807, 2.05) is 0 Å². The molecule has 0 fully saturated rings. The number of fused-ring (bicyclic) bond motifs is 1. The Morgan fingerprint density at radius 1 is 1.35 bits per heavy atom. The fourth-order valence-electron chi connectivity index (χ4n) is 2.34. The van der Waals surface area contributed by atoms with Crippen LogP contribution in [-0.4, -0.2) is 30.3 Å². The number of nitrogens with zero attached hydrogens (tertiary/aromatic N) is 1. The van der Waals surface area contributed by atoms with E-state index in [1.54, 1.807) is 31.2 Å². The van der Waals surface area contributed by atoms with E-state index in [-0.39, 0.29) is 6.54 Å². The zero-order chi connectivity index (χ0) is 15.0. The van der Waals surface area contributed by atoms with Gasteiger partial charge in [0.05, 0.1) is 5.69 Å². The molecular formula is C13H15F3N2O2. The van der Waals surface area contributed by atoms with Crippen LogP contribution in [0.25, 0.3) is 0 Å². The summed E-state index contributed by atoms with van der Waals surface area (Å²) in [6.07, 6.45) is -4.45. The second kappa shape index (κ2) is 4.97. The molecule has 1 heterocycles. The first-order chi connectivity index (χ1) is 9.28. The van der Waals surface area contributed by atoms with Gasteiger partial charge in [-0.3, -0.25) is 4.90 Å². The summed E-state index contributed by atoms with van der Waals surface area (Å²) in [7, 11) is 0. The van der Waals surface area contributed by atoms with Crippen molar-refractivity contribution in [3.63, 3.8) is 0 Å². The van der Waals surface area contributed by atoms with Gasteiger partial charge in [0.1, 0.15) is 6.61 Å². The Morgan fingerprint density at radius 2 is 2.00 bits per heavy atom. The second-order valence-electron chi connectivity index (χ2n) is 4.61. The van der Waals surface area contributed by atoms with Gasteiger partial charge in [-0.15, -0.1) is 0 Å². The molecule has 0 radical (unpaired) electrons. The molecule has 1 aromatic carbocycles. The molecule has 0 aromatic heterocycles. The molecule has 1 aliphatic rings. The third-order valence-electron chi connectivity index (χ3n) is 3.26. The van der Waals surface area contributed by atoms with Crippen molar-refractivity contribution in [2.24, 2.45) is 0 Å². The number of amides is 2. The predicted octanol–water partition coefficient (Wildman–Crippen LogP) is 3.31. The summed E-state index contributed by atoms with van der Waals surface area (Å²) in [6, 6.07) is 6.20. The highest BCUT2D eigenvalue weighted by Gasteiger charge is 2.45. The number of para-hydroxylation sites is 1. The van der Waals surface area contributed by atoms with Gasteiger partial charge in [0.25, 0.3) is 0 Å². The van der Waals surface area contributed by atoms with Crippen LogP contribution >= 0.6 is 0 Å². The van der Waals surface area contributed by atoms with Gasteiger partial charge in [-0.1, -0.05) is 18.2 Å². The minimum Gasteiger partial charge on any atom is -0.342 e. The number of benzene rings is 1. The van der Waals surface area contributed by atoms with Gasteiger partial charge in [0.2, 0.25) is 0 Å². The summed E-state index contributed by atoms with van der Waals surface area (Å²) >= 11 is 0. The number of alkyl halides is 3. The average molecular weight is 288 g/mol. The number of carbonyl (C=O) groups is 1. The largest absolute Gasteiger partial charge is 0.411 e. The number of rotatable bonds is 3. The quantitative estimate of drug-likeness (QED) is 0.927.